The maximum absolute atomic E-state index is 6.34. The van der Waals surface area contributed by atoms with Crippen LogP contribution in [0, 0.1) is 0 Å². The Balaban J connectivity index is 2.68. The minimum Gasteiger partial charge on any atom is -0.496 e. The van der Waals surface area contributed by atoms with E-state index in [-0.39, 0.29) is 5.41 Å². The second-order valence-corrected chi connectivity index (χ2v) is 6.02. The van der Waals surface area contributed by atoms with E-state index < -0.39 is 0 Å². The molecular weight excluding hydrogens is 262 g/mol. The van der Waals surface area contributed by atoms with Gasteiger partial charge in [0.2, 0.25) is 0 Å². The van der Waals surface area contributed by atoms with Gasteiger partial charge in [0.05, 0.1) is 7.11 Å². The molecule has 0 atom stereocenters. The van der Waals surface area contributed by atoms with Crippen molar-refractivity contribution < 1.29 is 4.74 Å². The van der Waals surface area contributed by atoms with E-state index in [0.717, 1.165) is 22.8 Å². The van der Waals surface area contributed by atoms with E-state index in [1.54, 1.807) is 7.11 Å². The number of rotatable bonds is 4. The highest BCUT2D eigenvalue weighted by Gasteiger charge is 2.25. The van der Waals surface area contributed by atoms with E-state index in [1.807, 2.05) is 34.9 Å². The molecule has 0 aliphatic heterocycles. The van der Waals surface area contributed by atoms with Gasteiger partial charge in [-0.15, -0.1) is 6.58 Å². The molecule has 2 aromatic rings. The maximum Gasteiger partial charge on any atom is 0.132 e. The van der Waals surface area contributed by atoms with Crippen LogP contribution in [0.25, 0.3) is 11.3 Å². The number of imidazole rings is 1. The molecule has 4 nitrogen and oxygen atoms in total. The van der Waals surface area contributed by atoms with Gasteiger partial charge in [-0.05, 0) is 12.1 Å². The first-order valence-electron chi connectivity index (χ1n) is 7.01. The van der Waals surface area contributed by atoms with Crippen molar-refractivity contribution in [3.63, 3.8) is 0 Å². The molecule has 112 valence electrons. The van der Waals surface area contributed by atoms with E-state index in [1.165, 1.54) is 0 Å². The molecule has 0 aliphatic carbocycles. The molecule has 0 unspecified atom stereocenters. The van der Waals surface area contributed by atoms with Gasteiger partial charge in [0.1, 0.15) is 23.1 Å². The maximum atomic E-state index is 6.34. The minimum absolute atomic E-state index is 0.0998. The SMILES string of the molecule is C=CCn1c(C(C)(C)C)nc(-c2ccccc2OC)c1N. The summed E-state index contributed by atoms with van der Waals surface area (Å²) >= 11 is 0. The zero-order chi connectivity index (χ0) is 15.6. The highest BCUT2D eigenvalue weighted by Crippen LogP contribution is 2.36. The quantitative estimate of drug-likeness (QED) is 0.873. The van der Waals surface area contributed by atoms with Gasteiger partial charge in [-0.2, -0.15) is 0 Å². The van der Waals surface area contributed by atoms with Crippen LogP contribution in [0.1, 0.15) is 26.6 Å². The largest absolute Gasteiger partial charge is 0.496 e. The van der Waals surface area contributed by atoms with Crippen molar-refractivity contribution in [2.45, 2.75) is 32.7 Å². The van der Waals surface area contributed by atoms with Crippen molar-refractivity contribution in [3.8, 4) is 17.0 Å². The number of aromatic nitrogens is 2. The van der Waals surface area contributed by atoms with Crippen LogP contribution in [0.5, 0.6) is 5.75 Å². The van der Waals surface area contributed by atoms with Crippen molar-refractivity contribution in [2.75, 3.05) is 12.8 Å². The lowest BCUT2D eigenvalue weighted by atomic mass is 9.95. The predicted octanol–water partition coefficient (Wildman–Crippen LogP) is 3.62. The number of methoxy groups -OCH3 is 1. The molecule has 0 radical (unpaired) electrons. The summed E-state index contributed by atoms with van der Waals surface area (Å²) in [5.41, 5.74) is 7.91. The number of hydrogen-bond acceptors (Lipinski definition) is 3. The summed E-state index contributed by atoms with van der Waals surface area (Å²) in [6.45, 7) is 10.8. The second kappa shape index (κ2) is 5.64. The first-order chi connectivity index (χ1) is 9.90. The lowest BCUT2D eigenvalue weighted by Crippen LogP contribution is -2.19. The summed E-state index contributed by atoms with van der Waals surface area (Å²) in [6.07, 6.45) is 1.83. The molecule has 0 saturated heterocycles. The van der Waals surface area contributed by atoms with Gasteiger partial charge >= 0.3 is 0 Å². The van der Waals surface area contributed by atoms with Crippen molar-refractivity contribution in [1.82, 2.24) is 9.55 Å². The first kappa shape index (κ1) is 15.2. The Morgan fingerprint density at radius 2 is 2.00 bits per heavy atom. The van der Waals surface area contributed by atoms with Crippen molar-refractivity contribution in [3.05, 3.63) is 42.7 Å². The first-order valence-corrected chi connectivity index (χ1v) is 7.01. The number of ether oxygens (including phenoxy) is 1. The molecule has 0 amide bonds. The Kier molecular flexibility index (Phi) is 4.07. The fourth-order valence-electron chi connectivity index (χ4n) is 2.39. The molecule has 4 heteroatoms. The zero-order valence-electron chi connectivity index (χ0n) is 13.2. The van der Waals surface area contributed by atoms with Gasteiger partial charge < -0.3 is 15.0 Å². The third-order valence-electron chi connectivity index (χ3n) is 3.35. The van der Waals surface area contributed by atoms with Gasteiger partial charge in [-0.3, -0.25) is 0 Å². The third kappa shape index (κ3) is 2.79. The summed E-state index contributed by atoms with van der Waals surface area (Å²) in [5.74, 6) is 2.36. The van der Waals surface area contributed by atoms with E-state index in [0.29, 0.717) is 12.4 Å². The number of nitrogen functional groups attached to an aromatic ring is 1. The molecule has 0 fully saturated rings. The summed E-state index contributed by atoms with van der Waals surface area (Å²) in [4.78, 5) is 4.79. The van der Waals surface area contributed by atoms with E-state index in [2.05, 4.69) is 27.4 Å². The second-order valence-electron chi connectivity index (χ2n) is 6.02. The van der Waals surface area contributed by atoms with Gasteiger partial charge in [0.25, 0.3) is 0 Å². The van der Waals surface area contributed by atoms with Crippen LogP contribution in [-0.2, 0) is 12.0 Å². The molecule has 2 N–H and O–H groups in total. The fourth-order valence-corrected chi connectivity index (χ4v) is 2.39. The van der Waals surface area contributed by atoms with Crippen LogP contribution in [0.15, 0.2) is 36.9 Å². The van der Waals surface area contributed by atoms with Crippen LogP contribution < -0.4 is 10.5 Å². The minimum atomic E-state index is -0.0998. The monoisotopic (exact) mass is 285 g/mol. The van der Waals surface area contributed by atoms with Gasteiger partial charge in [0, 0.05) is 17.5 Å². The van der Waals surface area contributed by atoms with E-state index >= 15 is 0 Å². The van der Waals surface area contributed by atoms with Gasteiger partial charge in [-0.25, -0.2) is 4.98 Å². The average molecular weight is 285 g/mol. The molecule has 1 aromatic carbocycles. The molecule has 2 rings (SSSR count). The Hall–Kier alpha value is -2.23. The van der Waals surface area contributed by atoms with E-state index in [9.17, 15) is 0 Å². The number of allylic oxidation sites excluding steroid dienone is 1. The summed E-state index contributed by atoms with van der Waals surface area (Å²) < 4.78 is 7.43. The summed E-state index contributed by atoms with van der Waals surface area (Å²) in [5, 5.41) is 0. The molecule has 0 saturated carbocycles. The summed E-state index contributed by atoms with van der Waals surface area (Å²) in [7, 11) is 1.65. The van der Waals surface area contributed by atoms with Crippen molar-refractivity contribution in [1.29, 1.82) is 0 Å². The van der Waals surface area contributed by atoms with Crippen LogP contribution in [0.4, 0.5) is 5.82 Å². The highest BCUT2D eigenvalue weighted by atomic mass is 16.5. The average Bonchev–Trinajstić information content (AvgIpc) is 2.77. The number of nitrogens with two attached hydrogens (primary N) is 1. The summed E-state index contributed by atoms with van der Waals surface area (Å²) in [6, 6.07) is 7.78. The molecule has 0 aliphatic rings. The molecule has 1 aromatic heterocycles. The molecule has 21 heavy (non-hydrogen) atoms. The Morgan fingerprint density at radius 1 is 1.33 bits per heavy atom. The normalized spacial score (nSPS) is 11.4. The molecular formula is C17H23N3O. The van der Waals surface area contributed by atoms with Crippen LogP contribution in [0.3, 0.4) is 0 Å². The predicted molar refractivity (Wildman–Crippen MR) is 87.5 cm³/mol. The smallest absolute Gasteiger partial charge is 0.132 e. The van der Waals surface area contributed by atoms with Crippen LogP contribution in [-0.4, -0.2) is 16.7 Å². The zero-order valence-corrected chi connectivity index (χ0v) is 13.2. The highest BCUT2D eigenvalue weighted by molar-refractivity contribution is 5.76. The lowest BCUT2D eigenvalue weighted by molar-refractivity contribution is 0.416. The lowest BCUT2D eigenvalue weighted by Gasteiger charge is -2.19. The van der Waals surface area contributed by atoms with Crippen molar-refractivity contribution >= 4 is 5.82 Å². The van der Waals surface area contributed by atoms with Crippen LogP contribution >= 0.6 is 0 Å². The third-order valence-corrected chi connectivity index (χ3v) is 3.35. The fraction of sp³-hybridized carbons (Fsp3) is 0.353. The van der Waals surface area contributed by atoms with Crippen LogP contribution in [0.2, 0.25) is 0 Å². The Labute approximate surface area is 126 Å². The Morgan fingerprint density at radius 3 is 2.57 bits per heavy atom. The van der Waals surface area contributed by atoms with Gasteiger partial charge in [0.15, 0.2) is 0 Å². The number of para-hydroxylation sites is 1. The molecule has 1 heterocycles. The van der Waals surface area contributed by atoms with E-state index in [4.69, 9.17) is 15.5 Å². The molecule has 0 spiro atoms. The number of nitrogens with zero attached hydrogens (tertiary/aromatic N) is 2. The van der Waals surface area contributed by atoms with Gasteiger partial charge in [-0.1, -0.05) is 39.0 Å². The number of benzene rings is 1. The number of anilines is 1. The Bertz CT molecular complexity index is 651. The standard InChI is InChI=1S/C17H23N3O/c1-6-11-20-15(18)14(19-16(20)17(2,3)4)12-9-7-8-10-13(12)21-5/h6-10H,1,11,18H2,2-5H3. The van der Waals surface area contributed by atoms with Crippen molar-refractivity contribution in [2.24, 2.45) is 0 Å². The number of hydrogen-bond donors (Lipinski definition) is 1. The topological polar surface area (TPSA) is 53.1 Å². The molecule has 0 bridgehead atoms.